The summed E-state index contributed by atoms with van der Waals surface area (Å²) in [5, 5.41) is 10.5. The summed E-state index contributed by atoms with van der Waals surface area (Å²) in [6.07, 6.45) is 3.86. The van der Waals surface area contributed by atoms with Crippen molar-refractivity contribution in [3.05, 3.63) is 87.1 Å². The Balaban J connectivity index is 0.000000189. The SMILES string of the molecule is C=CC1(C)OC(=O)N(c2cc(Cl)cc(Cl)c2)C1=O.N#Cc1c[nH]cc1-c1cccc(Cl)c1Cl. The molecule has 2 aromatic carbocycles. The second-order valence-corrected chi connectivity index (χ2v) is 8.60. The minimum absolute atomic E-state index is 0.271. The molecule has 4 rings (SSSR count). The molecule has 3 aromatic rings. The highest BCUT2D eigenvalue weighted by molar-refractivity contribution is 6.43. The summed E-state index contributed by atoms with van der Waals surface area (Å²) in [7, 11) is 0. The largest absolute Gasteiger partial charge is 0.428 e. The van der Waals surface area contributed by atoms with Crippen LogP contribution in [0.15, 0.2) is 61.4 Å². The molecule has 1 aliphatic rings. The zero-order valence-corrected chi connectivity index (χ0v) is 20.1. The lowest BCUT2D eigenvalue weighted by atomic mass is 10.1. The number of nitriles is 1. The van der Waals surface area contributed by atoms with Crippen molar-refractivity contribution in [2.75, 3.05) is 4.90 Å². The van der Waals surface area contributed by atoms with E-state index in [4.69, 9.17) is 56.4 Å². The minimum atomic E-state index is -1.36. The fourth-order valence-corrected chi connectivity index (χ4v) is 3.90. The van der Waals surface area contributed by atoms with Crippen molar-refractivity contribution in [1.29, 1.82) is 5.26 Å². The molecule has 1 atom stereocenters. The van der Waals surface area contributed by atoms with E-state index in [0.29, 0.717) is 25.7 Å². The molecule has 1 unspecified atom stereocenters. The number of rotatable bonds is 3. The topological polar surface area (TPSA) is 86.2 Å². The number of ether oxygens (including phenoxy) is 1. The van der Waals surface area contributed by atoms with Gasteiger partial charge in [-0.25, -0.2) is 9.69 Å². The van der Waals surface area contributed by atoms with Gasteiger partial charge in [0.2, 0.25) is 5.60 Å². The molecular formula is C23H15Cl4N3O3. The van der Waals surface area contributed by atoms with Gasteiger partial charge in [0.1, 0.15) is 6.07 Å². The average Bonchev–Trinajstić information content (AvgIpc) is 3.32. The van der Waals surface area contributed by atoms with Gasteiger partial charge in [0.25, 0.3) is 5.91 Å². The van der Waals surface area contributed by atoms with Crippen molar-refractivity contribution in [3.8, 4) is 17.2 Å². The number of aromatic amines is 1. The van der Waals surface area contributed by atoms with Crippen LogP contribution in [-0.2, 0) is 9.53 Å². The summed E-state index contributed by atoms with van der Waals surface area (Å²) >= 11 is 23.6. The summed E-state index contributed by atoms with van der Waals surface area (Å²) in [6, 6.07) is 11.9. The Hall–Kier alpha value is -2.95. The summed E-state index contributed by atoms with van der Waals surface area (Å²) in [4.78, 5) is 27.6. The van der Waals surface area contributed by atoms with Crippen LogP contribution in [0.1, 0.15) is 12.5 Å². The molecule has 1 fully saturated rings. The molecule has 1 aliphatic heterocycles. The minimum Gasteiger partial charge on any atom is -0.428 e. The van der Waals surface area contributed by atoms with Crippen molar-refractivity contribution in [1.82, 2.24) is 4.98 Å². The molecule has 0 aliphatic carbocycles. The van der Waals surface area contributed by atoms with Crippen molar-refractivity contribution in [3.63, 3.8) is 0 Å². The van der Waals surface area contributed by atoms with Gasteiger partial charge >= 0.3 is 6.09 Å². The Morgan fingerprint density at radius 3 is 2.33 bits per heavy atom. The van der Waals surface area contributed by atoms with Crippen molar-refractivity contribution < 1.29 is 14.3 Å². The number of imide groups is 1. The van der Waals surface area contributed by atoms with Crippen molar-refractivity contribution in [2.45, 2.75) is 12.5 Å². The van der Waals surface area contributed by atoms with Crippen molar-refractivity contribution in [2.24, 2.45) is 0 Å². The number of nitrogens with one attached hydrogen (secondary N) is 1. The quantitative estimate of drug-likeness (QED) is 0.366. The predicted octanol–water partition coefficient (Wildman–Crippen LogP) is 7.28. The first-order chi connectivity index (χ1) is 15.6. The lowest BCUT2D eigenvalue weighted by molar-refractivity contribution is -0.125. The van der Waals surface area contributed by atoms with Crippen LogP contribution in [-0.4, -0.2) is 22.6 Å². The Kier molecular flexibility index (Phi) is 7.41. The lowest BCUT2D eigenvalue weighted by Crippen LogP contribution is -2.37. The summed E-state index contributed by atoms with van der Waals surface area (Å²) < 4.78 is 4.99. The lowest BCUT2D eigenvalue weighted by Gasteiger charge is -2.15. The van der Waals surface area contributed by atoms with Gasteiger partial charge in [-0.1, -0.05) is 65.1 Å². The van der Waals surface area contributed by atoms with Crippen LogP contribution >= 0.6 is 46.4 Å². The maximum atomic E-state index is 12.1. The highest BCUT2D eigenvalue weighted by Gasteiger charge is 2.49. The van der Waals surface area contributed by atoms with E-state index in [-0.39, 0.29) is 5.69 Å². The zero-order chi connectivity index (χ0) is 24.3. The van der Waals surface area contributed by atoms with Crippen LogP contribution in [0.5, 0.6) is 0 Å². The number of halogens is 4. The van der Waals surface area contributed by atoms with E-state index < -0.39 is 17.6 Å². The number of nitrogens with zero attached hydrogens (tertiary/aromatic N) is 2. The smallest absolute Gasteiger partial charge is 0.422 e. The van der Waals surface area contributed by atoms with Gasteiger partial charge in [-0.15, -0.1) is 0 Å². The first-order valence-electron chi connectivity index (χ1n) is 9.29. The number of carbonyl (C=O) groups excluding carboxylic acids is 2. The molecule has 10 heteroatoms. The third kappa shape index (κ3) is 5.02. The van der Waals surface area contributed by atoms with Gasteiger partial charge in [-0.2, -0.15) is 5.26 Å². The highest BCUT2D eigenvalue weighted by Crippen LogP contribution is 2.35. The van der Waals surface area contributed by atoms with Crippen LogP contribution in [0, 0.1) is 11.3 Å². The molecule has 0 saturated carbocycles. The molecule has 33 heavy (non-hydrogen) atoms. The van der Waals surface area contributed by atoms with Crippen LogP contribution < -0.4 is 4.90 Å². The molecule has 2 amide bonds. The molecule has 1 aromatic heterocycles. The third-order valence-electron chi connectivity index (χ3n) is 4.71. The number of carbonyl (C=O) groups is 2. The van der Waals surface area contributed by atoms with E-state index in [1.54, 1.807) is 24.5 Å². The van der Waals surface area contributed by atoms with E-state index >= 15 is 0 Å². The molecule has 1 saturated heterocycles. The number of anilines is 1. The molecule has 0 spiro atoms. The normalized spacial score (nSPS) is 17.2. The highest BCUT2D eigenvalue weighted by atomic mass is 35.5. The van der Waals surface area contributed by atoms with Gasteiger partial charge in [0, 0.05) is 33.6 Å². The Labute approximate surface area is 209 Å². The van der Waals surface area contributed by atoms with E-state index in [1.165, 1.54) is 31.2 Å². The fourth-order valence-electron chi connectivity index (χ4n) is 2.99. The van der Waals surface area contributed by atoms with E-state index in [2.05, 4.69) is 17.6 Å². The standard InChI is InChI=1S/C12H9Cl2NO3.C11H6Cl2N2/c1-3-12(2)10(16)15(11(17)18-12)9-5-7(13)4-8(14)6-9;12-10-3-1-2-8(11(10)13)9-6-15-5-7(9)4-14/h3-6H,1H2,2H3;1-3,5-6,15H. The second kappa shape index (κ2) is 9.90. The van der Waals surface area contributed by atoms with Gasteiger partial charge in [-0.3, -0.25) is 4.79 Å². The number of benzene rings is 2. The van der Waals surface area contributed by atoms with Gasteiger partial charge in [0.05, 0.1) is 21.3 Å². The molecular weight excluding hydrogens is 508 g/mol. The number of amides is 2. The Morgan fingerprint density at radius 1 is 1.09 bits per heavy atom. The van der Waals surface area contributed by atoms with Crippen LogP contribution in [0.2, 0.25) is 20.1 Å². The summed E-state index contributed by atoms with van der Waals surface area (Å²) in [6.45, 7) is 4.95. The van der Waals surface area contributed by atoms with Crippen LogP contribution in [0.25, 0.3) is 11.1 Å². The predicted molar refractivity (Wildman–Crippen MR) is 130 cm³/mol. The Bertz CT molecular complexity index is 1280. The van der Waals surface area contributed by atoms with Crippen LogP contribution in [0.4, 0.5) is 10.5 Å². The monoisotopic (exact) mass is 521 g/mol. The number of hydrogen-bond donors (Lipinski definition) is 1. The van der Waals surface area contributed by atoms with E-state index in [0.717, 1.165) is 16.0 Å². The second-order valence-electron chi connectivity index (χ2n) is 6.94. The number of H-pyrrole nitrogens is 1. The molecule has 0 radical (unpaired) electrons. The van der Waals surface area contributed by atoms with Gasteiger partial charge in [0.15, 0.2) is 0 Å². The van der Waals surface area contributed by atoms with Crippen molar-refractivity contribution >= 4 is 64.1 Å². The maximum absolute atomic E-state index is 12.1. The summed E-state index contributed by atoms with van der Waals surface area (Å²) in [5.74, 6) is -0.527. The molecule has 2 heterocycles. The fraction of sp³-hybridized carbons (Fsp3) is 0.0870. The third-order valence-corrected chi connectivity index (χ3v) is 5.97. The average molecular weight is 523 g/mol. The molecule has 1 N–H and O–H groups in total. The number of hydrogen-bond acceptors (Lipinski definition) is 4. The number of cyclic esters (lactones) is 1. The molecule has 6 nitrogen and oxygen atoms in total. The first-order valence-corrected chi connectivity index (χ1v) is 10.8. The molecule has 0 bridgehead atoms. The maximum Gasteiger partial charge on any atom is 0.422 e. The number of aromatic nitrogens is 1. The van der Waals surface area contributed by atoms with Crippen LogP contribution in [0.3, 0.4) is 0 Å². The summed E-state index contributed by atoms with van der Waals surface area (Å²) in [5.41, 5.74) is 1.01. The van der Waals surface area contributed by atoms with E-state index in [9.17, 15) is 9.59 Å². The first kappa shape index (κ1) is 24.7. The van der Waals surface area contributed by atoms with E-state index in [1.807, 2.05) is 6.07 Å². The zero-order valence-electron chi connectivity index (χ0n) is 17.0. The van der Waals surface area contributed by atoms with Gasteiger partial charge in [-0.05, 0) is 37.3 Å². The Morgan fingerprint density at radius 2 is 1.76 bits per heavy atom. The molecule has 168 valence electrons. The van der Waals surface area contributed by atoms with Gasteiger partial charge < -0.3 is 9.72 Å².